The van der Waals surface area contributed by atoms with E-state index in [0.717, 1.165) is 39.1 Å². The highest BCUT2D eigenvalue weighted by atomic mass is 35.5. The number of carbonyl (C=O) groups excluding carboxylic acids is 1. The van der Waals surface area contributed by atoms with E-state index < -0.39 is 10.0 Å². The molecule has 0 bridgehead atoms. The Morgan fingerprint density at radius 3 is 2.50 bits per heavy atom. The van der Waals surface area contributed by atoms with Crippen LogP contribution >= 0.6 is 23.2 Å². The van der Waals surface area contributed by atoms with Crippen LogP contribution in [0.25, 0.3) is 0 Å². The van der Waals surface area contributed by atoms with Gasteiger partial charge in [-0.2, -0.15) is 0 Å². The van der Waals surface area contributed by atoms with E-state index in [0.29, 0.717) is 28.6 Å². The number of hydrogen-bond donors (Lipinski definition) is 0. The molecule has 1 amide bonds. The first-order chi connectivity index (χ1) is 13.3. The van der Waals surface area contributed by atoms with Crippen molar-refractivity contribution in [1.29, 1.82) is 0 Å². The predicted molar refractivity (Wildman–Crippen MR) is 112 cm³/mol. The van der Waals surface area contributed by atoms with Crippen molar-refractivity contribution in [3.63, 3.8) is 0 Å². The Hall–Kier alpha value is -0.860. The number of hydrogen-bond acceptors (Lipinski definition) is 4. The Kier molecular flexibility index (Phi) is 7.26. The van der Waals surface area contributed by atoms with Crippen molar-refractivity contribution in [3.8, 4) is 0 Å². The van der Waals surface area contributed by atoms with Crippen molar-refractivity contribution in [2.24, 2.45) is 5.92 Å². The Morgan fingerprint density at radius 1 is 1.14 bits per heavy atom. The minimum atomic E-state index is -3.55. The minimum absolute atomic E-state index is 0.0835. The van der Waals surface area contributed by atoms with Crippen LogP contribution in [0.2, 0.25) is 10.0 Å². The third-order valence-electron chi connectivity index (χ3n) is 5.61. The summed E-state index contributed by atoms with van der Waals surface area (Å²) in [5.74, 6) is -0.364. The number of sulfonamides is 1. The number of likely N-dealkylation sites (N-methyl/N-ethyl adjacent to an activating group) is 1. The zero-order valence-electron chi connectivity index (χ0n) is 16.1. The fourth-order valence-corrected chi connectivity index (χ4v) is 6.06. The highest BCUT2D eigenvalue weighted by Gasteiger charge is 2.35. The lowest BCUT2D eigenvalue weighted by Crippen LogP contribution is -2.53. The number of nitrogens with zero attached hydrogens (tertiary/aromatic N) is 3. The van der Waals surface area contributed by atoms with Crippen LogP contribution in [0.1, 0.15) is 25.3 Å². The molecule has 3 rings (SSSR count). The van der Waals surface area contributed by atoms with Crippen molar-refractivity contribution in [3.05, 3.63) is 33.8 Å². The molecule has 1 atom stereocenters. The van der Waals surface area contributed by atoms with Gasteiger partial charge in [-0.3, -0.25) is 4.79 Å². The Balaban J connectivity index is 1.64. The first-order valence-corrected chi connectivity index (χ1v) is 12.1. The van der Waals surface area contributed by atoms with Crippen molar-refractivity contribution < 1.29 is 13.2 Å². The van der Waals surface area contributed by atoms with Gasteiger partial charge >= 0.3 is 0 Å². The van der Waals surface area contributed by atoms with Gasteiger partial charge in [-0.05, 0) is 37.1 Å². The largest absolute Gasteiger partial charge is 0.340 e. The Morgan fingerprint density at radius 2 is 1.86 bits per heavy atom. The SMILES string of the molecule is CCN1CCN(C(=O)[C@@H]2CCCN(S(=O)(=O)Cc3ccc(Cl)cc3Cl)C2)CC1. The van der Waals surface area contributed by atoms with E-state index in [1.807, 2.05) is 4.90 Å². The number of carbonyl (C=O) groups is 1. The second kappa shape index (κ2) is 9.30. The standard InChI is InChI=1S/C19H27Cl2N3O3S/c1-2-22-8-10-23(11-9-22)19(25)15-4-3-7-24(13-15)28(26,27)14-16-5-6-17(20)12-18(16)21/h5-6,12,15H,2-4,7-11,13-14H2,1H3/t15-/m1/s1. The molecule has 9 heteroatoms. The summed E-state index contributed by atoms with van der Waals surface area (Å²) in [6, 6.07) is 4.82. The van der Waals surface area contributed by atoms with Crippen molar-refractivity contribution in [2.75, 3.05) is 45.8 Å². The topological polar surface area (TPSA) is 60.9 Å². The lowest BCUT2D eigenvalue weighted by atomic mass is 9.98. The molecule has 0 N–H and O–H groups in total. The predicted octanol–water partition coefficient (Wildman–Crippen LogP) is 2.70. The summed E-state index contributed by atoms with van der Waals surface area (Å²) in [5, 5.41) is 0.812. The van der Waals surface area contributed by atoms with Gasteiger partial charge < -0.3 is 9.80 Å². The van der Waals surface area contributed by atoms with Gasteiger partial charge in [-0.15, -0.1) is 0 Å². The number of piperidine rings is 1. The molecule has 0 unspecified atom stereocenters. The van der Waals surface area contributed by atoms with Crippen LogP contribution in [0.3, 0.4) is 0 Å². The lowest BCUT2D eigenvalue weighted by Gasteiger charge is -2.38. The molecule has 2 aliphatic rings. The fraction of sp³-hybridized carbons (Fsp3) is 0.632. The first kappa shape index (κ1) is 21.8. The summed E-state index contributed by atoms with van der Waals surface area (Å²) in [6.45, 7) is 7.00. The normalized spacial score (nSPS) is 22.4. The third kappa shape index (κ3) is 5.19. The van der Waals surface area contributed by atoms with Gasteiger partial charge in [0.1, 0.15) is 0 Å². The van der Waals surface area contributed by atoms with Gasteiger partial charge in [0.25, 0.3) is 0 Å². The van der Waals surface area contributed by atoms with Crippen molar-refractivity contribution in [2.45, 2.75) is 25.5 Å². The molecule has 0 spiro atoms. The van der Waals surface area contributed by atoms with E-state index in [2.05, 4.69) is 11.8 Å². The van der Waals surface area contributed by atoms with Gasteiger partial charge in [0, 0.05) is 49.3 Å². The number of benzene rings is 1. The van der Waals surface area contributed by atoms with Gasteiger partial charge in [-0.1, -0.05) is 36.2 Å². The van der Waals surface area contributed by atoms with Crippen LogP contribution in [-0.4, -0.2) is 74.2 Å². The summed E-state index contributed by atoms with van der Waals surface area (Å²) >= 11 is 12.0. The highest BCUT2D eigenvalue weighted by molar-refractivity contribution is 7.88. The maximum absolute atomic E-state index is 12.9. The van der Waals surface area contributed by atoms with E-state index >= 15 is 0 Å². The van der Waals surface area contributed by atoms with Crippen LogP contribution in [0.15, 0.2) is 18.2 Å². The van der Waals surface area contributed by atoms with E-state index in [1.54, 1.807) is 18.2 Å². The smallest absolute Gasteiger partial charge is 0.227 e. The lowest BCUT2D eigenvalue weighted by molar-refractivity contribution is -0.138. The first-order valence-electron chi connectivity index (χ1n) is 9.73. The van der Waals surface area contributed by atoms with Crippen LogP contribution in [0.5, 0.6) is 0 Å². The molecule has 2 fully saturated rings. The van der Waals surface area contributed by atoms with Gasteiger partial charge in [-0.25, -0.2) is 12.7 Å². The molecule has 28 heavy (non-hydrogen) atoms. The van der Waals surface area contributed by atoms with E-state index in [-0.39, 0.29) is 24.1 Å². The van der Waals surface area contributed by atoms with Crippen LogP contribution in [0.4, 0.5) is 0 Å². The third-order valence-corrected chi connectivity index (χ3v) is 7.99. The molecule has 156 valence electrons. The van der Waals surface area contributed by atoms with Crippen molar-refractivity contribution >= 4 is 39.1 Å². The monoisotopic (exact) mass is 447 g/mol. The number of amides is 1. The Bertz CT molecular complexity index is 811. The second-order valence-corrected chi connectivity index (χ2v) is 10.3. The number of piperazine rings is 1. The molecular formula is C19H27Cl2N3O3S. The number of rotatable bonds is 5. The fourth-order valence-electron chi connectivity index (χ4n) is 3.87. The van der Waals surface area contributed by atoms with Crippen LogP contribution < -0.4 is 0 Å². The van der Waals surface area contributed by atoms with E-state index in [9.17, 15) is 13.2 Å². The van der Waals surface area contributed by atoms with E-state index in [1.165, 1.54) is 4.31 Å². The molecule has 1 aromatic carbocycles. The molecular weight excluding hydrogens is 421 g/mol. The zero-order valence-corrected chi connectivity index (χ0v) is 18.4. The molecule has 2 heterocycles. The van der Waals surface area contributed by atoms with Crippen LogP contribution in [-0.2, 0) is 20.6 Å². The van der Waals surface area contributed by atoms with E-state index in [4.69, 9.17) is 23.2 Å². The average molecular weight is 448 g/mol. The van der Waals surface area contributed by atoms with Gasteiger partial charge in [0.15, 0.2) is 0 Å². The Labute approximate surface area is 177 Å². The van der Waals surface area contributed by atoms with Crippen LogP contribution in [0, 0.1) is 5.92 Å². The zero-order chi connectivity index (χ0) is 20.3. The summed E-state index contributed by atoms with van der Waals surface area (Å²) in [4.78, 5) is 17.1. The highest BCUT2D eigenvalue weighted by Crippen LogP contribution is 2.27. The van der Waals surface area contributed by atoms with Gasteiger partial charge in [0.2, 0.25) is 15.9 Å². The molecule has 0 radical (unpaired) electrons. The average Bonchev–Trinajstić information content (AvgIpc) is 2.70. The van der Waals surface area contributed by atoms with Gasteiger partial charge in [0.05, 0.1) is 11.7 Å². The maximum atomic E-state index is 12.9. The summed E-state index contributed by atoms with van der Waals surface area (Å²) in [6.07, 6.45) is 1.43. The maximum Gasteiger partial charge on any atom is 0.227 e. The molecule has 6 nitrogen and oxygen atoms in total. The summed E-state index contributed by atoms with van der Waals surface area (Å²) in [5.41, 5.74) is 0.523. The molecule has 2 aliphatic heterocycles. The number of halogens is 2. The minimum Gasteiger partial charge on any atom is -0.340 e. The summed E-state index contributed by atoms with van der Waals surface area (Å²) in [7, 11) is -3.55. The molecule has 0 aliphatic carbocycles. The second-order valence-electron chi connectivity index (χ2n) is 7.45. The quantitative estimate of drug-likeness (QED) is 0.695. The molecule has 1 aromatic rings. The molecule has 2 saturated heterocycles. The summed E-state index contributed by atoms with van der Waals surface area (Å²) < 4.78 is 27.3. The van der Waals surface area contributed by atoms with Crippen molar-refractivity contribution in [1.82, 2.24) is 14.1 Å². The molecule has 0 aromatic heterocycles. The molecule has 0 saturated carbocycles.